The van der Waals surface area contributed by atoms with Crippen molar-refractivity contribution in [3.63, 3.8) is 0 Å². The van der Waals surface area contributed by atoms with E-state index in [2.05, 4.69) is 45.5 Å². The number of benzene rings is 3. The molecule has 0 atom stereocenters. The molecule has 6 heteroatoms. The Morgan fingerprint density at radius 1 is 0.906 bits per heavy atom. The first-order valence-electron chi connectivity index (χ1n) is 10.7. The highest BCUT2D eigenvalue weighted by atomic mass is 16.5. The van der Waals surface area contributed by atoms with E-state index in [0.29, 0.717) is 11.3 Å². The minimum absolute atomic E-state index is 0.149. The Bertz CT molecular complexity index is 1070. The van der Waals surface area contributed by atoms with Crippen molar-refractivity contribution in [2.45, 2.75) is 6.54 Å². The van der Waals surface area contributed by atoms with Gasteiger partial charge in [0, 0.05) is 44.1 Å². The van der Waals surface area contributed by atoms with Crippen LogP contribution in [0.5, 0.6) is 5.75 Å². The number of anilines is 2. The molecule has 0 bridgehead atoms. The summed E-state index contributed by atoms with van der Waals surface area (Å²) in [6.45, 7) is 4.84. The molecule has 0 saturated carbocycles. The molecule has 162 valence electrons. The van der Waals surface area contributed by atoms with Crippen molar-refractivity contribution >= 4 is 17.3 Å². The second-order valence-electron chi connectivity index (χ2n) is 7.74. The lowest BCUT2D eigenvalue weighted by Gasteiger charge is -2.36. The lowest BCUT2D eigenvalue weighted by atomic mass is 10.2. The molecule has 1 amide bonds. The monoisotopic (exact) mass is 426 g/mol. The van der Waals surface area contributed by atoms with Crippen LogP contribution < -0.4 is 15.0 Å². The topological polar surface area (TPSA) is 68.6 Å². The minimum atomic E-state index is -0.264. The average molecular weight is 427 g/mol. The number of carbonyl (C=O) groups excluding carboxylic acids is 1. The van der Waals surface area contributed by atoms with Crippen molar-refractivity contribution in [1.29, 1.82) is 5.26 Å². The lowest BCUT2D eigenvalue weighted by molar-refractivity contribution is -0.118. The summed E-state index contributed by atoms with van der Waals surface area (Å²) in [5.74, 6) is 0.145. The number of hydrogen-bond acceptors (Lipinski definition) is 5. The molecule has 6 nitrogen and oxygen atoms in total. The Hall–Kier alpha value is -3.82. The number of carbonyl (C=O) groups is 1. The first kappa shape index (κ1) is 21.4. The van der Waals surface area contributed by atoms with Gasteiger partial charge in [0.05, 0.1) is 5.56 Å². The number of para-hydroxylation sites is 1. The van der Waals surface area contributed by atoms with Crippen LogP contribution in [0.25, 0.3) is 0 Å². The molecule has 1 aliphatic rings. The van der Waals surface area contributed by atoms with E-state index < -0.39 is 0 Å². The summed E-state index contributed by atoms with van der Waals surface area (Å²) >= 11 is 0. The van der Waals surface area contributed by atoms with Gasteiger partial charge < -0.3 is 15.0 Å². The maximum absolute atomic E-state index is 12.2. The second-order valence-corrected chi connectivity index (χ2v) is 7.74. The van der Waals surface area contributed by atoms with Crippen molar-refractivity contribution in [3.05, 3.63) is 90.0 Å². The van der Waals surface area contributed by atoms with Gasteiger partial charge in [0.15, 0.2) is 6.61 Å². The summed E-state index contributed by atoms with van der Waals surface area (Å²) in [7, 11) is 0. The number of hydrogen-bond donors (Lipinski definition) is 1. The first-order valence-corrected chi connectivity index (χ1v) is 10.7. The second kappa shape index (κ2) is 10.5. The molecule has 1 saturated heterocycles. The smallest absolute Gasteiger partial charge is 0.262 e. The number of piperazine rings is 1. The average Bonchev–Trinajstić information content (AvgIpc) is 2.84. The van der Waals surface area contributed by atoms with Crippen LogP contribution >= 0.6 is 0 Å². The largest absolute Gasteiger partial charge is 0.482 e. The Morgan fingerprint density at radius 3 is 2.31 bits per heavy atom. The van der Waals surface area contributed by atoms with Crippen LogP contribution in [0.4, 0.5) is 11.4 Å². The molecule has 1 N–H and O–H groups in total. The molecule has 0 aliphatic carbocycles. The Kier molecular flexibility index (Phi) is 7.01. The van der Waals surface area contributed by atoms with Gasteiger partial charge in [-0.1, -0.05) is 42.5 Å². The third-order valence-corrected chi connectivity index (χ3v) is 5.50. The minimum Gasteiger partial charge on any atom is -0.482 e. The SMILES string of the molecule is N#Cc1ccccc1OCC(=O)Nc1ccc(N2CCN(Cc3ccccc3)CC2)cc1. The van der Waals surface area contributed by atoms with Crippen LogP contribution in [0.3, 0.4) is 0 Å². The molecule has 0 unspecified atom stereocenters. The maximum atomic E-state index is 12.2. The zero-order valence-electron chi connectivity index (χ0n) is 17.9. The zero-order valence-corrected chi connectivity index (χ0v) is 17.9. The molecule has 1 heterocycles. The fourth-order valence-electron chi connectivity index (χ4n) is 3.79. The van der Waals surface area contributed by atoms with Gasteiger partial charge >= 0.3 is 0 Å². The number of nitrogens with one attached hydrogen (secondary N) is 1. The highest BCUT2D eigenvalue weighted by Gasteiger charge is 2.17. The molecule has 3 aromatic carbocycles. The molecule has 3 aromatic rings. The number of nitrogens with zero attached hydrogens (tertiary/aromatic N) is 3. The quantitative estimate of drug-likeness (QED) is 0.621. The molecular formula is C26H26N4O2. The summed E-state index contributed by atoms with van der Waals surface area (Å²) in [5, 5.41) is 11.9. The fourth-order valence-corrected chi connectivity index (χ4v) is 3.79. The highest BCUT2D eigenvalue weighted by Crippen LogP contribution is 2.21. The van der Waals surface area contributed by atoms with Gasteiger partial charge in [-0.15, -0.1) is 0 Å². The van der Waals surface area contributed by atoms with Gasteiger partial charge in [0.25, 0.3) is 5.91 Å². The van der Waals surface area contributed by atoms with E-state index in [1.54, 1.807) is 24.3 Å². The van der Waals surface area contributed by atoms with E-state index in [0.717, 1.165) is 44.1 Å². The third kappa shape index (κ3) is 5.65. The maximum Gasteiger partial charge on any atom is 0.262 e. The van der Waals surface area contributed by atoms with E-state index >= 15 is 0 Å². The zero-order chi connectivity index (χ0) is 22.2. The highest BCUT2D eigenvalue weighted by molar-refractivity contribution is 5.92. The molecule has 32 heavy (non-hydrogen) atoms. The van der Waals surface area contributed by atoms with Crippen LogP contribution in [-0.4, -0.2) is 43.6 Å². The summed E-state index contributed by atoms with van der Waals surface area (Å²) in [6.07, 6.45) is 0. The Morgan fingerprint density at radius 2 is 1.59 bits per heavy atom. The number of nitriles is 1. The molecule has 0 spiro atoms. The van der Waals surface area contributed by atoms with Gasteiger partial charge in [0.2, 0.25) is 0 Å². The van der Waals surface area contributed by atoms with Crippen LogP contribution in [-0.2, 0) is 11.3 Å². The van der Waals surface area contributed by atoms with E-state index in [-0.39, 0.29) is 12.5 Å². The van der Waals surface area contributed by atoms with Crippen LogP contribution in [0, 0.1) is 11.3 Å². The Labute approximate surface area is 188 Å². The van der Waals surface area contributed by atoms with Crippen LogP contribution in [0.2, 0.25) is 0 Å². The van der Waals surface area contributed by atoms with Crippen molar-refractivity contribution < 1.29 is 9.53 Å². The van der Waals surface area contributed by atoms with Gasteiger partial charge in [-0.25, -0.2) is 0 Å². The first-order chi connectivity index (χ1) is 15.7. The summed E-state index contributed by atoms with van der Waals surface area (Å²) < 4.78 is 5.49. The van der Waals surface area contributed by atoms with Crippen LogP contribution in [0.15, 0.2) is 78.9 Å². The number of rotatable bonds is 7. The number of ether oxygens (including phenoxy) is 1. The van der Waals surface area contributed by atoms with Gasteiger partial charge in [-0.2, -0.15) is 5.26 Å². The van der Waals surface area contributed by atoms with Crippen molar-refractivity contribution in [2.24, 2.45) is 0 Å². The molecule has 0 aromatic heterocycles. The van der Waals surface area contributed by atoms with E-state index in [9.17, 15) is 4.79 Å². The number of amides is 1. The van der Waals surface area contributed by atoms with Crippen molar-refractivity contribution in [2.75, 3.05) is 43.0 Å². The van der Waals surface area contributed by atoms with E-state index in [4.69, 9.17) is 10.00 Å². The molecule has 1 aliphatic heterocycles. The van der Waals surface area contributed by atoms with E-state index in [1.165, 1.54) is 5.56 Å². The summed E-state index contributed by atoms with van der Waals surface area (Å²) in [6, 6.07) is 27.4. The summed E-state index contributed by atoms with van der Waals surface area (Å²) in [4.78, 5) is 17.1. The van der Waals surface area contributed by atoms with Crippen molar-refractivity contribution in [1.82, 2.24) is 4.90 Å². The normalized spacial score (nSPS) is 13.9. The van der Waals surface area contributed by atoms with Gasteiger partial charge in [-0.05, 0) is 42.0 Å². The fraction of sp³-hybridized carbons (Fsp3) is 0.231. The predicted molar refractivity (Wildman–Crippen MR) is 126 cm³/mol. The molecule has 0 radical (unpaired) electrons. The van der Waals surface area contributed by atoms with E-state index in [1.807, 2.05) is 30.3 Å². The standard InChI is InChI=1S/C26H26N4O2/c27-18-22-8-4-5-9-25(22)32-20-26(31)28-23-10-12-24(13-11-23)30-16-14-29(15-17-30)19-21-6-2-1-3-7-21/h1-13H,14-17,19-20H2,(H,28,31). The Balaban J connectivity index is 1.24. The molecular weight excluding hydrogens is 400 g/mol. The van der Waals surface area contributed by atoms with Gasteiger partial charge in [0.1, 0.15) is 11.8 Å². The predicted octanol–water partition coefficient (Wildman–Crippen LogP) is 3.90. The van der Waals surface area contributed by atoms with Gasteiger partial charge in [-0.3, -0.25) is 9.69 Å². The molecule has 4 rings (SSSR count). The molecule has 1 fully saturated rings. The lowest BCUT2D eigenvalue weighted by Crippen LogP contribution is -2.45. The summed E-state index contributed by atoms with van der Waals surface area (Å²) in [5.41, 5.74) is 3.63. The third-order valence-electron chi connectivity index (χ3n) is 5.50. The van der Waals surface area contributed by atoms with Crippen LogP contribution in [0.1, 0.15) is 11.1 Å². The van der Waals surface area contributed by atoms with Crippen molar-refractivity contribution in [3.8, 4) is 11.8 Å².